The van der Waals surface area contributed by atoms with Gasteiger partial charge in [0.15, 0.2) is 0 Å². The summed E-state index contributed by atoms with van der Waals surface area (Å²) in [5.74, 6) is -0.527. The van der Waals surface area contributed by atoms with Crippen molar-refractivity contribution in [1.82, 2.24) is 4.72 Å². The lowest BCUT2D eigenvalue weighted by Crippen LogP contribution is -2.36. The molecule has 0 unspecified atom stereocenters. The summed E-state index contributed by atoms with van der Waals surface area (Å²) in [6, 6.07) is 4.09. The SMILES string of the molecule is CC1=NC=CCC(c2ccc(S(=O)(=O)NC3CCCCC3)cc2F)=C1. The number of allylic oxidation sites excluding steroid dienone is 3. The van der Waals surface area contributed by atoms with E-state index in [0.717, 1.165) is 49.5 Å². The molecule has 1 aromatic rings. The average molecular weight is 362 g/mol. The van der Waals surface area contributed by atoms with Gasteiger partial charge in [-0.2, -0.15) is 0 Å². The summed E-state index contributed by atoms with van der Waals surface area (Å²) in [6.07, 6.45) is 10.8. The van der Waals surface area contributed by atoms with Crippen LogP contribution in [-0.2, 0) is 10.0 Å². The van der Waals surface area contributed by atoms with Crippen LogP contribution in [0.5, 0.6) is 0 Å². The molecule has 0 saturated heterocycles. The van der Waals surface area contributed by atoms with Crippen LogP contribution in [-0.4, -0.2) is 20.2 Å². The Balaban J connectivity index is 1.84. The minimum Gasteiger partial charge on any atom is -0.262 e. The third kappa shape index (κ3) is 4.44. The molecule has 1 aliphatic carbocycles. The zero-order valence-electron chi connectivity index (χ0n) is 14.3. The lowest BCUT2D eigenvalue weighted by Gasteiger charge is -2.22. The van der Waals surface area contributed by atoms with Gasteiger partial charge >= 0.3 is 0 Å². The Labute approximate surface area is 148 Å². The van der Waals surface area contributed by atoms with Crippen molar-refractivity contribution in [2.75, 3.05) is 0 Å². The number of halogens is 1. The molecule has 4 nitrogen and oxygen atoms in total. The van der Waals surface area contributed by atoms with Gasteiger partial charge in [-0.1, -0.05) is 31.4 Å². The highest BCUT2D eigenvalue weighted by atomic mass is 32.2. The summed E-state index contributed by atoms with van der Waals surface area (Å²) in [4.78, 5) is 4.16. The van der Waals surface area contributed by atoms with E-state index in [1.807, 2.05) is 19.1 Å². The zero-order chi connectivity index (χ0) is 17.9. The molecule has 1 fully saturated rings. The van der Waals surface area contributed by atoms with Gasteiger partial charge in [-0.05, 0) is 50.0 Å². The number of sulfonamides is 1. The van der Waals surface area contributed by atoms with Crippen LogP contribution in [0.25, 0.3) is 5.57 Å². The van der Waals surface area contributed by atoms with Crippen molar-refractivity contribution in [3.63, 3.8) is 0 Å². The van der Waals surface area contributed by atoms with Gasteiger partial charge in [0, 0.05) is 23.5 Å². The summed E-state index contributed by atoms with van der Waals surface area (Å²) in [5, 5.41) is 0. The Bertz CT molecular complexity index is 835. The second-order valence-corrected chi connectivity index (χ2v) is 8.34. The van der Waals surface area contributed by atoms with Crippen LogP contribution >= 0.6 is 0 Å². The predicted molar refractivity (Wildman–Crippen MR) is 98.4 cm³/mol. The first-order valence-electron chi connectivity index (χ1n) is 8.68. The maximum Gasteiger partial charge on any atom is 0.240 e. The number of benzene rings is 1. The highest BCUT2D eigenvalue weighted by Crippen LogP contribution is 2.26. The summed E-state index contributed by atoms with van der Waals surface area (Å²) in [6.45, 7) is 1.85. The van der Waals surface area contributed by atoms with Crippen LogP contribution in [0.4, 0.5) is 4.39 Å². The average Bonchev–Trinajstić information content (AvgIpc) is 2.79. The molecule has 0 amide bonds. The lowest BCUT2D eigenvalue weighted by atomic mass is 9.96. The molecular weight excluding hydrogens is 339 g/mol. The number of nitrogens with zero attached hydrogens (tertiary/aromatic N) is 1. The molecule has 1 aliphatic heterocycles. The third-order valence-corrected chi connectivity index (χ3v) is 6.15. The maximum absolute atomic E-state index is 14.6. The van der Waals surface area contributed by atoms with Crippen molar-refractivity contribution < 1.29 is 12.8 Å². The molecule has 0 bridgehead atoms. The van der Waals surface area contributed by atoms with Gasteiger partial charge in [0.2, 0.25) is 10.0 Å². The van der Waals surface area contributed by atoms with E-state index < -0.39 is 15.8 Å². The molecule has 0 radical (unpaired) electrons. The summed E-state index contributed by atoms with van der Waals surface area (Å²) in [7, 11) is -3.70. The van der Waals surface area contributed by atoms with Crippen molar-refractivity contribution in [3.8, 4) is 0 Å². The number of hydrogen-bond acceptors (Lipinski definition) is 3. The highest BCUT2D eigenvalue weighted by molar-refractivity contribution is 7.89. The molecule has 25 heavy (non-hydrogen) atoms. The van der Waals surface area contributed by atoms with Crippen molar-refractivity contribution >= 4 is 21.3 Å². The van der Waals surface area contributed by atoms with Crippen LogP contribution in [0, 0.1) is 5.82 Å². The van der Waals surface area contributed by atoms with E-state index in [-0.39, 0.29) is 10.9 Å². The Hall–Kier alpha value is -1.79. The van der Waals surface area contributed by atoms with Crippen LogP contribution in [0.15, 0.2) is 46.4 Å². The van der Waals surface area contributed by atoms with Gasteiger partial charge in [0.1, 0.15) is 5.82 Å². The fourth-order valence-corrected chi connectivity index (χ4v) is 4.63. The van der Waals surface area contributed by atoms with Gasteiger partial charge in [-0.3, -0.25) is 4.99 Å². The summed E-state index contributed by atoms with van der Waals surface area (Å²) >= 11 is 0. The first kappa shape index (κ1) is 18.0. The maximum atomic E-state index is 14.6. The van der Waals surface area contributed by atoms with Gasteiger partial charge < -0.3 is 0 Å². The molecule has 6 heteroatoms. The fourth-order valence-electron chi connectivity index (χ4n) is 3.32. The van der Waals surface area contributed by atoms with E-state index in [0.29, 0.717) is 12.0 Å². The number of aliphatic imine (C=N–C) groups is 1. The zero-order valence-corrected chi connectivity index (χ0v) is 15.2. The van der Waals surface area contributed by atoms with Crippen LogP contribution in [0.3, 0.4) is 0 Å². The second-order valence-electron chi connectivity index (χ2n) is 6.63. The van der Waals surface area contributed by atoms with Gasteiger partial charge in [0.05, 0.1) is 4.90 Å². The Morgan fingerprint density at radius 1 is 1.20 bits per heavy atom. The van der Waals surface area contributed by atoms with Crippen molar-refractivity contribution in [2.24, 2.45) is 4.99 Å². The molecule has 1 aromatic carbocycles. The number of hydrogen-bond donors (Lipinski definition) is 1. The van der Waals surface area contributed by atoms with Crippen LogP contribution in [0.1, 0.15) is 51.0 Å². The quantitative estimate of drug-likeness (QED) is 0.873. The molecule has 2 aliphatic rings. The third-order valence-electron chi connectivity index (χ3n) is 4.63. The van der Waals surface area contributed by atoms with E-state index in [2.05, 4.69) is 9.71 Å². The van der Waals surface area contributed by atoms with Crippen LogP contribution in [0.2, 0.25) is 0 Å². The van der Waals surface area contributed by atoms with E-state index in [9.17, 15) is 12.8 Å². The largest absolute Gasteiger partial charge is 0.262 e. The smallest absolute Gasteiger partial charge is 0.240 e. The van der Waals surface area contributed by atoms with Crippen molar-refractivity contribution in [1.29, 1.82) is 0 Å². The monoisotopic (exact) mass is 362 g/mol. The molecule has 0 aromatic heterocycles. The molecule has 0 atom stereocenters. The summed E-state index contributed by atoms with van der Waals surface area (Å²) in [5.41, 5.74) is 1.99. The minimum absolute atomic E-state index is 0.0190. The molecule has 0 spiro atoms. The lowest BCUT2D eigenvalue weighted by molar-refractivity contribution is 0.412. The van der Waals surface area contributed by atoms with E-state index in [1.54, 1.807) is 12.3 Å². The number of rotatable bonds is 4. The van der Waals surface area contributed by atoms with Gasteiger partial charge in [0.25, 0.3) is 0 Å². The van der Waals surface area contributed by atoms with Gasteiger partial charge in [-0.25, -0.2) is 17.5 Å². The van der Waals surface area contributed by atoms with Crippen molar-refractivity contribution in [2.45, 2.75) is 56.4 Å². The molecule has 134 valence electrons. The standard InChI is InChI=1S/C19H23FN2O2S/c1-14-12-15(6-5-11-21-14)18-10-9-17(13-19(18)20)25(23,24)22-16-7-3-2-4-8-16/h5,9-13,16,22H,2-4,6-8H2,1H3. The number of nitrogens with one attached hydrogen (secondary N) is 1. The highest BCUT2D eigenvalue weighted by Gasteiger charge is 2.23. The minimum atomic E-state index is -3.70. The fraction of sp³-hybridized carbons (Fsp3) is 0.421. The topological polar surface area (TPSA) is 58.5 Å². The second kappa shape index (κ2) is 7.62. The normalized spacial score (nSPS) is 19.3. The van der Waals surface area contributed by atoms with Gasteiger partial charge in [-0.15, -0.1) is 0 Å². The van der Waals surface area contributed by atoms with E-state index >= 15 is 0 Å². The molecule has 1 N–H and O–H groups in total. The van der Waals surface area contributed by atoms with E-state index in [4.69, 9.17) is 0 Å². The Morgan fingerprint density at radius 3 is 2.68 bits per heavy atom. The molecule has 3 rings (SSSR count). The Morgan fingerprint density at radius 2 is 1.96 bits per heavy atom. The van der Waals surface area contributed by atoms with Crippen LogP contribution < -0.4 is 4.72 Å². The summed E-state index contributed by atoms with van der Waals surface area (Å²) < 4.78 is 42.4. The first-order valence-corrected chi connectivity index (χ1v) is 10.2. The molecular formula is C19H23FN2O2S. The predicted octanol–water partition coefficient (Wildman–Crippen LogP) is 4.20. The molecule has 1 saturated carbocycles. The van der Waals surface area contributed by atoms with E-state index in [1.165, 1.54) is 6.07 Å². The Kier molecular flexibility index (Phi) is 5.49. The van der Waals surface area contributed by atoms with Crippen molar-refractivity contribution in [3.05, 3.63) is 47.9 Å². The molecule has 1 heterocycles. The first-order chi connectivity index (χ1) is 12.0.